The number of nitrogens with one attached hydrogen (secondary N) is 2. The van der Waals surface area contributed by atoms with E-state index in [1.165, 1.54) is 0 Å². The van der Waals surface area contributed by atoms with Gasteiger partial charge in [0.15, 0.2) is 17.0 Å². The number of benzene rings is 2. The molecule has 6 nitrogen and oxygen atoms in total. The summed E-state index contributed by atoms with van der Waals surface area (Å²) in [6.07, 6.45) is 3.25. The summed E-state index contributed by atoms with van der Waals surface area (Å²) in [5.74, 6) is 1.08. The Morgan fingerprint density at radius 1 is 0.963 bits per heavy atom. The maximum Gasteiger partial charge on any atom is 0.227 e. The first-order chi connectivity index (χ1) is 13.2. The maximum absolute atomic E-state index is 6.05. The van der Waals surface area contributed by atoms with Gasteiger partial charge in [-0.1, -0.05) is 41.9 Å². The van der Waals surface area contributed by atoms with Crippen molar-refractivity contribution in [3.63, 3.8) is 0 Å². The van der Waals surface area contributed by atoms with Gasteiger partial charge in [0.05, 0.1) is 0 Å². The molecule has 0 aliphatic carbocycles. The summed E-state index contributed by atoms with van der Waals surface area (Å²) in [7, 11) is 0. The van der Waals surface area contributed by atoms with Crippen molar-refractivity contribution in [3.8, 4) is 0 Å². The first-order valence-corrected chi connectivity index (χ1v) is 8.86. The third-order valence-electron chi connectivity index (χ3n) is 4.07. The van der Waals surface area contributed by atoms with Crippen LogP contribution in [0.15, 0.2) is 60.9 Å². The average molecular weight is 377 g/mol. The van der Waals surface area contributed by atoms with Crippen molar-refractivity contribution in [2.75, 3.05) is 10.6 Å². The van der Waals surface area contributed by atoms with Crippen molar-refractivity contribution in [1.29, 1.82) is 0 Å². The Balaban J connectivity index is 1.68. The van der Waals surface area contributed by atoms with Gasteiger partial charge in [-0.25, -0.2) is 9.97 Å². The Hall–Kier alpha value is -3.25. The summed E-state index contributed by atoms with van der Waals surface area (Å²) in [6.45, 7) is 2.60. The van der Waals surface area contributed by atoms with Gasteiger partial charge < -0.3 is 10.6 Å². The first-order valence-electron chi connectivity index (χ1n) is 8.49. The highest BCUT2D eigenvalue weighted by atomic mass is 35.5. The van der Waals surface area contributed by atoms with Crippen LogP contribution in [0.2, 0.25) is 5.02 Å². The van der Waals surface area contributed by atoms with Crippen LogP contribution < -0.4 is 10.6 Å². The van der Waals surface area contributed by atoms with E-state index in [2.05, 4.69) is 30.6 Å². The normalized spacial score (nSPS) is 10.7. The molecule has 4 rings (SSSR count). The van der Waals surface area contributed by atoms with Crippen LogP contribution in [-0.4, -0.2) is 19.9 Å². The largest absolute Gasteiger partial charge is 0.350 e. The molecule has 2 aromatic heterocycles. The van der Waals surface area contributed by atoms with Gasteiger partial charge >= 0.3 is 0 Å². The molecule has 0 aliphatic heterocycles. The highest BCUT2D eigenvalue weighted by molar-refractivity contribution is 6.30. The molecule has 0 unspecified atom stereocenters. The van der Waals surface area contributed by atoms with Gasteiger partial charge in [0, 0.05) is 29.6 Å². The first kappa shape index (κ1) is 17.2. The minimum Gasteiger partial charge on any atom is -0.350 e. The lowest BCUT2D eigenvalue weighted by atomic mass is 10.2. The van der Waals surface area contributed by atoms with E-state index in [4.69, 9.17) is 11.6 Å². The van der Waals surface area contributed by atoms with Gasteiger partial charge in [0.2, 0.25) is 5.95 Å². The molecule has 0 aliphatic rings. The van der Waals surface area contributed by atoms with Gasteiger partial charge in [0.1, 0.15) is 0 Å². The van der Waals surface area contributed by atoms with E-state index in [1.807, 2.05) is 55.5 Å². The molecular weight excluding hydrogens is 360 g/mol. The second-order valence-corrected chi connectivity index (χ2v) is 6.48. The van der Waals surface area contributed by atoms with Crippen molar-refractivity contribution in [3.05, 3.63) is 77.1 Å². The SMILES string of the molecule is Cc1cc(Cl)ccc1Nc1nc(NCc2ccccc2)nc2nccnc12. The number of fused-ring (bicyclic) bond motifs is 1. The number of aryl methyl sites for hydroxylation is 1. The summed E-state index contributed by atoms with van der Waals surface area (Å²) in [5, 5.41) is 7.27. The molecule has 4 aromatic rings. The van der Waals surface area contributed by atoms with E-state index < -0.39 is 0 Å². The smallest absolute Gasteiger partial charge is 0.227 e. The zero-order valence-electron chi connectivity index (χ0n) is 14.6. The van der Waals surface area contributed by atoms with Gasteiger partial charge in [0.25, 0.3) is 0 Å². The topological polar surface area (TPSA) is 75.6 Å². The number of halogens is 1. The van der Waals surface area contributed by atoms with Crippen molar-refractivity contribution >= 4 is 40.2 Å². The molecule has 0 saturated heterocycles. The molecule has 0 spiro atoms. The molecule has 0 bridgehead atoms. The van der Waals surface area contributed by atoms with Crippen LogP contribution in [-0.2, 0) is 6.54 Å². The summed E-state index contributed by atoms with van der Waals surface area (Å²) in [5.41, 5.74) is 4.19. The lowest BCUT2D eigenvalue weighted by molar-refractivity contribution is 1.06. The van der Waals surface area contributed by atoms with Crippen LogP contribution in [0.3, 0.4) is 0 Å². The molecule has 2 N–H and O–H groups in total. The van der Waals surface area contributed by atoms with Crippen molar-refractivity contribution in [2.24, 2.45) is 0 Å². The lowest BCUT2D eigenvalue weighted by Crippen LogP contribution is -2.07. The standard InChI is InChI=1S/C20H17ClN6/c1-13-11-15(21)7-8-16(13)25-19-17-18(23-10-9-22-17)26-20(27-19)24-12-14-5-3-2-4-6-14/h2-11H,12H2,1H3,(H2,23,24,25,26,27). The Labute approximate surface area is 161 Å². The number of rotatable bonds is 5. The summed E-state index contributed by atoms with van der Waals surface area (Å²) >= 11 is 6.05. The average Bonchev–Trinajstić information content (AvgIpc) is 2.69. The van der Waals surface area contributed by atoms with E-state index in [-0.39, 0.29) is 0 Å². The molecule has 0 radical (unpaired) electrons. The van der Waals surface area contributed by atoms with E-state index in [0.29, 0.717) is 34.5 Å². The lowest BCUT2D eigenvalue weighted by Gasteiger charge is -2.12. The van der Waals surface area contributed by atoms with Crippen LogP contribution >= 0.6 is 11.6 Å². The zero-order valence-corrected chi connectivity index (χ0v) is 15.4. The molecule has 2 heterocycles. The molecular formula is C20H17ClN6. The number of aromatic nitrogens is 4. The van der Waals surface area contributed by atoms with Gasteiger partial charge in [-0.2, -0.15) is 9.97 Å². The molecule has 7 heteroatoms. The molecule has 27 heavy (non-hydrogen) atoms. The van der Waals surface area contributed by atoms with Crippen LogP contribution in [0.4, 0.5) is 17.5 Å². The summed E-state index contributed by atoms with van der Waals surface area (Å²) in [4.78, 5) is 17.8. The monoisotopic (exact) mass is 376 g/mol. The maximum atomic E-state index is 6.05. The van der Waals surface area contributed by atoms with Crippen LogP contribution in [0.5, 0.6) is 0 Å². The van der Waals surface area contributed by atoms with E-state index in [9.17, 15) is 0 Å². The Kier molecular flexibility index (Phi) is 4.80. The number of nitrogens with zero attached hydrogens (tertiary/aromatic N) is 4. The zero-order chi connectivity index (χ0) is 18.6. The van der Waals surface area contributed by atoms with Crippen molar-refractivity contribution < 1.29 is 0 Å². The summed E-state index contributed by atoms with van der Waals surface area (Å²) < 4.78 is 0. The molecule has 2 aromatic carbocycles. The summed E-state index contributed by atoms with van der Waals surface area (Å²) in [6, 6.07) is 15.7. The van der Waals surface area contributed by atoms with E-state index in [1.54, 1.807) is 12.4 Å². The molecule has 0 amide bonds. The van der Waals surface area contributed by atoms with E-state index >= 15 is 0 Å². The highest BCUT2D eigenvalue weighted by Gasteiger charge is 2.11. The minimum absolute atomic E-state index is 0.487. The quantitative estimate of drug-likeness (QED) is 0.524. The fourth-order valence-corrected chi connectivity index (χ4v) is 2.93. The predicted octanol–water partition coefficient (Wildman–Crippen LogP) is 4.74. The van der Waals surface area contributed by atoms with Gasteiger partial charge in [-0.05, 0) is 36.2 Å². The van der Waals surface area contributed by atoms with Crippen LogP contribution in [0, 0.1) is 6.92 Å². The van der Waals surface area contributed by atoms with Crippen molar-refractivity contribution in [1.82, 2.24) is 19.9 Å². The fourth-order valence-electron chi connectivity index (χ4n) is 2.70. The second kappa shape index (κ2) is 7.55. The highest BCUT2D eigenvalue weighted by Crippen LogP contribution is 2.26. The molecule has 0 fully saturated rings. The molecule has 134 valence electrons. The van der Waals surface area contributed by atoms with Gasteiger partial charge in [-0.15, -0.1) is 0 Å². The third kappa shape index (κ3) is 3.96. The number of hydrogen-bond acceptors (Lipinski definition) is 6. The Morgan fingerprint density at radius 3 is 2.59 bits per heavy atom. The van der Waals surface area contributed by atoms with E-state index in [0.717, 1.165) is 16.8 Å². The Morgan fingerprint density at radius 2 is 1.78 bits per heavy atom. The van der Waals surface area contributed by atoms with Crippen molar-refractivity contribution in [2.45, 2.75) is 13.5 Å². The Bertz CT molecular complexity index is 1080. The van der Waals surface area contributed by atoms with Crippen LogP contribution in [0.1, 0.15) is 11.1 Å². The van der Waals surface area contributed by atoms with Crippen LogP contribution in [0.25, 0.3) is 11.2 Å². The predicted molar refractivity (Wildman–Crippen MR) is 108 cm³/mol. The fraction of sp³-hybridized carbons (Fsp3) is 0.100. The second-order valence-electron chi connectivity index (χ2n) is 6.05. The molecule has 0 atom stereocenters. The number of anilines is 3. The number of hydrogen-bond donors (Lipinski definition) is 2. The minimum atomic E-state index is 0.487. The van der Waals surface area contributed by atoms with Gasteiger partial charge in [-0.3, -0.25) is 0 Å². The molecule has 0 saturated carbocycles. The third-order valence-corrected chi connectivity index (χ3v) is 4.30.